The largest absolute Gasteiger partial charge is 0.374 e. The summed E-state index contributed by atoms with van der Waals surface area (Å²) in [5.74, 6) is 0.255. The smallest absolute Gasteiger partial charge is 0.159 e. The summed E-state index contributed by atoms with van der Waals surface area (Å²) in [6.07, 6.45) is 0.547. The van der Waals surface area contributed by atoms with Gasteiger partial charge in [-0.05, 0) is 38.1 Å². The third kappa shape index (κ3) is 3.50. The van der Waals surface area contributed by atoms with Crippen molar-refractivity contribution in [3.63, 3.8) is 0 Å². The van der Waals surface area contributed by atoms with E-state index < -0.39 is 0 Å². The molecule has 0 aliphatic heterocycles. The van der Waals surface area contributed by atoms with Gasteiger partial charge in [0.1, 0.15) is 5.78 Å². The van der Waals surface area contributed by atoms with Gasteiger partial charge in [0, 0.05) is 31.3 Å². The van der Waals surface area contributed by atoms with Crippen LogP contribution in [0, 0.1) is 0 Å². The molecule has 1 aromatic carbocycles. The molecule has 0 aliphatic carbocycles. The first-order valence-electron chi connectivity index (χ1n) is 5.32. The lowest BCUT2D eigenvalue weighted by atomic mass is 10.1. The van der Waals surface area contributed by atoms with Crippen LogP contribution in [0.25, 0.3) is 0 Å². The third-order valence-corrected chi connectivity index (χ3v) is 2.51. The lowest BCUT2D eigenvalue weighted by molar-refractivity contribution is -0.116. The molecule has 0 heterocycles. The van der Waals surface area contributed by atoms with Gasteiger partial charge in [-0.1, -0.05) is 0 Å². The van der Waals surface area contributed by atoms with E-state index >= 15 is 0 Å². The predicted molar refractivity (Wildman–Crippen MR) is 65.0 cm³/mol. The standard InChI is InChI=1S/C13H17NO2/c1-10(15)8-9-14(3)13-6-4-12(5-7-13)11(2)16/h4-7H,8-9H2,1-3H3. The van der Waals surface area contributed by atoms with Crippen LogP contribution in [0.2, 0.25) is 0 Å². The maximum Gasteiger partial charge on any atom is 0.159 e. The summed E-state index contributed by atoms with van der Waals surface area (Å²) in [4.78, 5) is 23.9. The Balaban J connectivity index is 2.66. The maximum atomic E-state index is 11.1. The molecule has 86 valence electrons. The minimum atomic E-state index is 0.0675. The van der Waals surface area contributed by atoms with Crippen molar-refractivity contribution in [2.75, 3.05) is 18.5 Å². The summed E-state index contributed by atoms with van der Waals surface area (Å²) in [5, 5.41) is 0. The summed E-state index contributed by atoms with van der Waals surface area (Å²) < 4.78 is 0. The Kier molecular flexibility index (Phi) is 4.23. The van der Waals surface area contributed by atoms with E-state index in [4.69, 9.17) is 0 Å². The number of hydrogen-bond donors (Lipinski definition) is 0. The molecular formula is C13H17NO2. The van der Waals surface area contributed by atoms with Gasteiger partial charge >= 0.3 is 0 Å². The number of anilines is 1. The first-order chi connectivity index (χ1) is 7.50. The minimum Gasteiger partial charge on any atom is -0.374 e. The fraction of sp³-hybridized carbons (Fsp3) is 0.385. The van der Waals surface area contributed by atoms with Crippen LogP contribution in [0.4, 0.5) is 5.69 Å². The third-order valence-electron chi connectivity index (χ3n) is 2.51. The molecule has 0 fully saturated rings. The average Bonchev–Trinajstić information content (AvgIpc) is 2.26. The van der Waals surface area contributed by atoms with Gasteiger partial charge in [0.25, 0.3) is 0 Å². The minimum absolute atomic E-state index is 0.0675. The Morgan fingerprint density at radius 1 is 1.12 bits per heavy atom. The molecule has 0 atom stereocenters. The van der Waals surface area contributed by atoms with Gasteiger partial charge in [-0.15, -0.1) is 0 Å². The van der Waals surface area contributed by atoms with E-state index in [1.807, 2.05) is 36.2 Å². The lowest BCUT2D eigenvalue weighted by Crippen LogP contribution is -2.20. The molecule has 0 spiro atoms. The molecule has 0 radical (unpaired) electrons. The van der Waals surface area contributed by atoms with Gasteiger partial charge in [-0.2, -0.15) is 0 Å². The number of carbonyl (C=O) groups excluding carboxylic acids is 2. The second kappa shape index (κ2) is 5.45. The highest BCUT2D eigenvalue weighted by molar-refractivity contribution is 5.94. The van der Waals surface area contributed by atoms with Crippen molar-refractivity contribution in [3.05, 3.63) is 29.8 Å². The topological polar surface area (TPSA) is 37.4 Å². The molecule has 1 aromatic rings. The Morgan fingerprint density at radius 3 is 2.12 bits per heavy atom. The Labute approximate surface area is 96.1 Å². The normalized spacial score (nSPS) is 9.94. The lowest BCUT2D eigenvalue weighted by Gasteiger charge is -2.18. The highest BCUT2D eigenvalue weighted by atomic mass is 16.1. The first kappa shape index (κ1) is 12.4. The second-order valence-corrected chi connectivity index (χ2v) is 3.98. The molecule has 0 aromatic heterocycles. The molecule has 0 unspecified atom stereocenters. The molecular weight excluding hydrogens is 202 g/mol. The van der Waals surface area contributed by atoms with E-state index in [1.54, 1.807) is 13.8 Å². The van der Waals surface area contributed by atoms with Gasteiger partial charge < -0.3 is 4.90 Å². The summed E-state index contributed by atoms with van der Waals surface area (Å²) in [6, 6.07) is 7.41. The van der Waals surface area contributed by atoms with Crippen molar-refractivity contribution in [2.24, 2.45) is 0 Å². The van der Waals surface area contributed by atoms with Crippen LogP contribution in [-0.2, 0) is 4.79 Å². The van der Waals surface area contributed by atoms with Crippen LogP contribution in [0.1, 0.15) is 30.6 Å². The fourth-order valence-corrected chi connectivity index (χ4v) is 1.40. The zero-order chi connectivity index (χ0) is 12.1. The van der Waals surface area contributed by atoms with Gasteiger partial charge in [-0.25, -0.2) is 0 Å². The molecule has 16 heavy (non-hydrogen) atoms. The number of Topliss-reactive ketones (excluding diaryl/α,β-unsaturated/α-hetero) is 2. The number of nitrogens with zero attached hydrogens (tertiary/aromatic N) is 1. The van der Waals surface area contributed by atoms with Crippen LogP contribution in [0.15, 0.2) is 24.3 Å². The molecule has 0 saturated carbocycles. The zero-order valence-electron chi connectivity index (χ0n) is 9.99. The van der Waals surface area contributed by atoms with E-state index in [2.05, 4.69) is 0 Å². The highest BCUT2D eigenvalue weighted by Gasteiger charge is 2.03. The van der Waals surface area contributed by atoms with Crippen LogP contribution < -0.4 is 4.90 Å². The summed E-state index contributed by atoms with van der Waals surface area (Å²) in [7, 11) is 1.94. The Morgan fingerprint density at radius 2 is 1.69 bits per heavy atom. The van der Waals surface area contributed by atoms with Gasteiger partial charge in [0.05, 0.1) is 0 Å². The number of carbonyl (C=O) groups is 2. The van der Waals surface area contributed by atoms with E-state index in [9.17, 15) is 9.59 Å². The Bertz CT molecular complexity index is 381. The Hall–Kier alpha value is -1.64. The van der Waals surface area contributed by atoms with Crippen molar-refractivity contribution in [1.29, 1.82) is 0 Å². The summed E-state index contributed by atoms with van der Waals surface area (Å²) in [5.41, 5.74) is 1.73. The van der Waals surface area contributed by atoms with Crippen molar-refractivity contribution >= 4 is 17.3 Å². The number of hydrogen-bond acceptors (Lipinski definition) is 3. The summed E-state index contributed by atoms with van der Waals surface area (Å²) in [6.45, 7) is 3.84. The van der Waals surface area contributed by atoms with Crippen molar-refractivity contribution in [3.8, 4) is 0 Å². The zero-order valence-corrected chi connectivity index (χ0v) is 9.99. The van der Waals surface area contributed by atoms with Crippen molar-refractivity contribution in [1.82, 2.24) is 0 Å². The number of rotatable bonds is 5. The fourth-order valence-electron chi connectivity index (χ4n) is 1.40. The van der Waals surface area contributed by atoms with Crippen molar-refractivity contribution in [2.45, 2.75) is 20.3 Å². The molecule has 0 bridgehead atoms. The van der Waals surface area contributed by atoms with E-state index in [-0.39, 0.29) is 11.6 Å². The van der Waals surface area contributed by atoms with E-state index in [1.165, 1.54) is 0 Å². The van der Waals surface area contributed by atoms with Crippen molar-refractivity contribution < 1.29 is 9.59 Å². The SMILES string of the molecule is CC(=O)CCN(C)c1ccc(C(C)=O)cc1. The first-order valence-corrected chi connectivity index (χ1v) is 5.32. The van der Waals surface area contributed by atoms with Crippen LogP contribution in [-0.4, -0.2) is 25.2 Å². The molecule has 0 amide bonds. The molecule has 0 N–H and O–H groups in total. The van der Waals surface area contributed by atoms with Gasteiger partial charge in [0.2, 0.25) is 0 Å². The average molecular weight is 219 g/mol. The summed E-state index contributed by atoms with van der Waals surface area (Å²) >= 11 is 0. The van der Waals surface area contributed by atoms with Crippen LogP contribution in [0.5, 0.6) is 0 Å². The van der Waals surface area contributed by atoms with Gasteiger partial charge in [0.15, 0.2) is 5.78 Å². The predicted octanol–water partition coefficient (Wildman–Crippen LogP) is 2.30. The van der Waals surface area contributed by atoms with Crippen LogP contribution >= 0.6 is 0 Å². The number of ketones is 2. The quantitative estimate of drug-likeness (QED) is 0.713. The molecule has 0 saturated heterocycles. The molecule has 0 aliphatic rings. The number of benzene rings is 1. The van der Waals surface area contributed by atoms with E-state index in [0.29, 0.717) is 18.5 Å². The second-order valence-electron chi connectivity index (χ2n) is 3.98. The van der Waals surface area contributed by atoms with Crippen LogP contribution in [0.3, 0.4) is 0 Å². The molecule has 3 heteroatoms. The highest BCUT2D eigenvalue weighted by Crippen LogP contribution is 2.14. The molecule has 3 nitrogen and oxygen atoms in total. The monoisotopic (exact) mass is 219 g/mol. The van der Waals surface area contributed by atoms with Gasteiger partial charge in [-0.3, -0.25) is 9.59 Å². The maximum absolute atomic E-state index is 11.1. The molecule has 1 rings (SSSR count). The van der Waals surface area contributed by atoms with E-state index in [0.717, 1.165) is 5.69 Å².